The maximum Gasteiger partial charge on any atom is 0.411 e. The van der Waals surface area contributed by atoms with Gasteiger partial charge in [0.1, 0.15) is 17.2 Å². The predicted molar refractivity (Wildman–Crippen MR) is 181 cm³/mol. The highest BCUT2D eigenvalue weighted by Crippen LogP contribution is 2.54. The summed E-state index contributed by atoms with van der Waals surface area (Å²) < 4.78 is 5.77. The van der Waals surface area contributed by atoms with Crippen molar-refractivity contribution in [3.05, 3.63) is 84.7 Å². The van der Waals surface area contributed by atoms with Crippen LogP contribution in [0.5, 0.6) is 0 Å². The van der Waals surface area contributed by atoms with Crippen LogP contribution in [-0.4, -0.2) is 64.7 Å². The van der Waals surface area contributed by atoms with E-state index < -0.39 is 11.7 Å². The molecule has 0 bridgehead atoms. The highest BCUT2D eigenvalue weighted by atomic mass is 16.6. The molecule has 2 saturated heterocycles. The molecule has 9 rings (SSSR count). The lowest BCUT2D eigenvalue weighted by Crippen LogP contribution is -2.38. The van der Waals surface area contributed by atoms with E-state index in [0.29, 0.717) is 11.8 Å². The summed E-state index contributed by atoms with van der Waals surface area (Å²) in [6.45, 7) is 5.71. The first-order chi connectivity index (χ1) is 23.1. The van der Waals surface area contributed by atoms with Gasteiger partial charge in [0.05, 0.1) is 35.9 Å². The van der Waals surface area contributed by atoms with Crippen LogP contribution in [0.1, 0.15) is 70.2 Å². The van der Waals surface area contributed by atoms with Gasteiger partial charge in [0.25, 0.3) is 0 Å². The summed E-state index contributed by atoms with van der Waals surface area (Å²) in [5, 5.41) is 12.0. The van der Waals surface area contributed by atoms with Crippen LogP contribution in [0.15, 0.2) is 73.1 Å². The lowest BCUT2D eigenvalue weighted by molar-refractivity contribution is 0.0175. The Bertz CT molecular complexity index is 2080. The standard InChI is InChI=1S/C38H38N6O4/c1-38(2,3)48-37(47)44-31-15-23(31)17-33(44)35-40-19-29(42-35)27-9-5-7-25-24(6-4-8-26(25)27)20-10-12-21(13-11-20)28-18-39-34(41-28)32-16-22-14-30(22)43(32)36(45)46/h4-13,18-19,22-23,30-33H,14-17H2,1-3H3,(H,39,41)(H,40,42)(H,45,46)/t22?,23-,30?,31+,32?,33-/m0/s1. The number of carbonyl (C=O) groups excluding carboxylic acids is 1. The van der Waals surface area contributed by atoms with Gasteiger partial charge in [-0.25, -0.2) is 19.6 Å². The van der Waals surface area contributed by atoms with E-state index in [2.05, 4.69) is 75.6 Å². The van der Waals surface area contributed by atoms with Crippen molar-refractivity contribution >= 4 is 23.0 Å². The number of carbonyl (C=O) groups is 2. The Morgan fingerprint density at radius 3 is 1.92 bits per heavy atom. The van der Waals surface area contributed by atoms with Gasteiger partial charge in [0, 0.05) is 17.6 Å². The maximum atomic E-state index is 13.1. The number of piperidine rings is 2. The van der Waals surface area contributed by atoms with E-state index in [1.54, 1.807) is 11.1 Å². The number of hydrogen-bond donors (Lipinski definition) is 3. The number of hydrogen-bond acceptors (Lipinski definition) is 5. The number of likely N-dealkylation sites (tertiary alicyclic amines) is 2. The number of H-pyrrole nitrogens is 2. The molecule has 10 heteroatoms. The fourth-order valence-electron chi connectivity index (χ4n) is 8.17. The number of carboxylic acid groups (broad SMARTS) is 1. The number of aromatic nitrogens is 4. The molecular weight excluding hydrogens is 604 g/mol. The van der Waals surface area contributed by atoms with Gasteiger partial charge in [-0.05, 0) is 85.8 Å². The molecule has 2 amide bonds. The van der Waals surface area contributed by atoms with E-state index in [0.717, 1.165) is 81.7 Å². The lowest BCUT2D eigenvalue weighted by atomic mass is 9.94. The Kier molecular flexibility index (Phi) is 6.32. The molecule has 2 aliphatic carbocycles. The SMILES string of the molecule is CC(C)(C)OC(=O)N1[C@@H]2C[C@H]2C[C@H]1c1ncc(-c2cccc3c(-c4ccc(-c5cnc(C6CC7CC7N6C(=O)O)[nH]5)cc4)cccc23)[nH]1. The zero-order valence-corrected chi connectivity index (χ0v) is 27.2. The second kappa shape index (κ2) is 10.4. The molecule has 6 atom stereocenters. The maximum absolute atomic E-state index is 13.1. The van der Waals surface area contributed by atoms with Crippen LogP contribution < -0.4 is 0 Å². The molecule has 3 aromatic carbocycles. The van der Waals surface area contributed by atoms with Crippen molar-refractivity contribution in [2.75, 3.05) is 0 Å². The summed E-state index contributed by atoms with van der Waals surface area (Å²) in [7, 11) is 0. The number of aromatic amines is 2. The quantitative estimate of drug-likeness (QED) is 0.177. The number of rotatable bonds is 5. The van der Waals surface area contributed by atoms with E-state index in [-0.39, 0.29) is 30.3 Å². The van der Waals surface area contributed by atoms with E-state index in [1.165, 1.54) is 0 Å². The van der Waals surface area contributed by atoms with Crippen molar-refractivity contribution in [3.8, 4) is 33.6 Å². The van der Waals surface area contributed by atoms with Gasteiger partial charge in [-0.1, -0.05) is 60.7 Å². The first kappa shape index (κ1) is 29.1. The molecule has 3 unspecified atom stereocenters. The van der Waals surface area contributed by atoms with Gasteiger partial charge in [0.2, 0.25) is 0 Å². The Hall–Kier alpha value is -5.12. The third-order valence-electron chi connectivity index (χ3n) is 10.6. The molecule has 2 saturated carbocycles. The molecule has 3 N–H and O–H groups in total. The fraction of sp³-hybridized carbons (Fsp3) is 0.368. The minimum absolute atomic E-state index is 0.118. The zero-order valence-electron chi connectivity index (χ0n) is 27.2. The van der Waals surface area contributed by atoms with Crippen LogP contribution in [0, 0.1) is 11.8 Å². The number of nitrogens with one attached hydrogen (secondary N) is 2. The van der Waals surface area contributed by atoms with Crippen molar-refractivity contribution in [3.63, 3.8) is 0 Å². The van der Waals surface area contributed by atoms with Crippen LogP contribution in [0.2, 0.25) is 0 Å². The van der Waals surface area contributed by atoms with E-state index >= 15 is 0 Å². The van der Waals surface area contributed by atoms with Gasteiger partial charge >= 0.3 is 12.2 Å². The van der Waals surface area contributed by atoms with Crippen molar-refractivity contribution in [2.24, 2.45) is 11.8 Å². The van der Waals surface area contributed by atoms with Crippen LogP contribution in [0.4, 0.5) is 9.59 Å². The minimum Gasteiger partial charge on any atom is -0.465 e. The third-order valence-corrected chi connectivity index (χ3v) is 10.6. The minimum atomic E-state index is -0.867. The molecule has 244 valence electrons. The predicted octanol–water partition coefficient (Wildman–Crippen LogP) is 8.17. The third kappa shape index (κ3) is 4.84. The summed E-state index contributed by atoms with van der Waals surface area (Å²) >= 11 is 0. The lowest BCUT2D eigenvalue weighted by Gasteiger charge is -2.29. The van der Waals surface area contributed by atoms with Gasteiger partial charge < -0.3 is 19.8 Å². The zero-order chi connectivity index (χ0) is 32.9. The largest absolute Gasteiger partial charge is 0.465 e. The normalized spacial score (nSPS) is 25.6. The number of amides is 2. The van der Waals surface area contributed by atoms with E-state index in [1.807, 2.05) is 31.9 Å². The molecule has 2 aliphatic heterocycles. The van der Waals surface area contributed by atoms with Crippen molar-refractivity contribution in [2.45, 2.75) is 76.2 Å². The second-order valence-corrected chi connectivity index (χ2v) is 14.9. The Morgan fingerprint density at radius 1 is 0.729 bits per heavy atom. The molecule has 4 fully saturated rings. The van der Waals surface area contributed by atoms with Crippen molar-refractivity contribution in [1.82, 2.24) is 29.7 Å². The molecule has 4 aliphatic rings. The van der Waals surface area contributed by atoms with Crippen molar-refractivity contribution < 1.29 is 19.4 Å². The van der Waals surface area contributed by atoms with Crippen molar-refractivity contribution in [1.29, 1.82) is 0 Å². The molecule has 0 radical (unpaired) electrons. The molecule has 4 heterocycles. The molecule has 48 heavy (non-hydrogen) atoms. The van der Waals surface area contributed by atoms with Crippen LogP contribution in [-0.2, 0) is 4.74 Å². The fourth-order valence-corrected chi connectivity index (χ4v) is 8.17. The summed E-state index contributed by atoms with van der Waals surface area (Å²) in [5.74, 6) is 2.49. The Balaban J connectivity index is 0.976. The topological polar surface area (TPSA) is 127 Å². The van der Waals surface area contributed by atoms with Crippen LogP contribution in [0.3, 0.4) is 0 Å². The number of imidazole rings is 2. The van der Waals surface area contributed by atoms with Gasteiger partial charge in [-0.15, -0.1) is 0 Å². The second-order valence-electron chi connectivity index (χ2n) is 14.9. The summed E-state index contributed by atoms with van der Waals surface area (Å²) in [5.41, 5.74) is 5.53. The molecule has 0 spiro atoms. The molecule has 10 nitrogen and oxygen atoms in total. The number of benzene rings is 3. The van der Waals surface area contributed by atoms with Gasteiger partial charge in [-0.3, -0.25) is 9.80 Å². The highest BCUT2D eigenvalue weighted by molar-refractivity contribution is 6.04. The highest BCUT2D eigenvalue weighted by Gasteiger charge is 2.57. The van der Waals surface area contributed by atoms with E-state index in [9.17, 15) is 14.7 Å². The monoisotopic (exact) mass is 642 g/mol. The van der Waals surface area contributed by atoms with E-state index in [4.69, 9.17) is 9.72 Å². The van der Waals surface area contributed by atoms with Gasteiger partial charge in [-0.2, -0.15) is 0 Å². The summed E-state index contributed by atoms with van der Waals surface area (Å²) in [6, 6.07) is 21.2. The first-order valence-corrected chi connectivity index (χ1v) is 16.9. The Labute approximate surface area is 278 Å². The Morgan fingerprint density at radius 2 is 1.27 bits per heavy atom. The smallest absolute Gasteiger partial charge is 0.411 e. The first-order valence-electron chi connectivity index (χ1n) is 16.9. The number of fused-ring (bicyclic) bond motifs is 3. The summed E-state index contributed by atoms with van der Waals surface area (Å²) in [6.07, 6.45) is 6.28. The van der Waals surface area contributed by atoms with Crippen LogP contribution >= 0.6 is 0 Å². The molecule has 5 aromatic rings. The average molecular weight is 643 g/mol. The summed E-state index contributed by atoms with van der Waals surface area (Å²) in [4.78, 5) is 44.8. The number of nitrogens with zero attached hydrogens (tertiary/aromatic N) is 4. The van der Waals surface area contributed by atoms with Crippen LogP contribution in [0.25, 0.3) is 44.4 Å². The molecular formula is C38H38N6O4. The van der Waals surface area contributed by atoms with Gasteiger partial charge in [0.15, 0.2) is 0 Å². The molecule has 2 aromatic heterocycles. The average Bonchev–Trinajstić information content (AvgIpc) is 3.65. The number of ether oxygens (including phenoxy) is 1.